The molecule has 4 rings (SSSR count). The van der Waals surface area contributed by atoms with Gasteiger partial charge in [-0.25, -0.2) is 0 Å². The highest BCUT2D eigenvalue weighted by Crippen LogP contribution is 2.37. The fourth-order valence-corrected chi connectivity index (χ4v) is 4.86. The zero-order valence-electron chi connectivity index (χ0n) is 14.5. The maximum atomic E-state index is 6.24. The van der Waals surface area contributed by atoms with Gasteiger partial charge in [0, 0.05) is 39.3 Å². The third-order valence-electron chi connectivity index (χ3n) is 5.84. The Kier molecular flexibility index (Phi) is 5.54. The Hall–Kier alpha value is -0.460. The summed E-state index contributed by atoms with van der Waals surface area (Å²) in [6.07, 6.45) is 5.98. The van der Waals surface area contributed by atoms with Gasteiger partial charge in [0.25, 0.3) is 0 Å². The van der Waals surface area contributed by atoms with Crippen LogP contribution in [0, 0.1) is 5.92 Å². The summed E-state index contributed by atoms with van der Waals surface area (Å²) in [6, 6.07) is 2.24. The number of likely N-dealkylation sites (tertiary alicyclic amines) is 1. The molecule has 0 N–H and O–H groups in total. The number of hydrogen-bond acceptors (Lipinski definition) is 5. The Bertz CT molecular complexity index is 493. The SMILES string of the molecule is c1cc(CN2CCC3(CC2)C[C@H](OCC2CCOCC2)CO3)cs1. The first-order chi connectivity index (χ1) is 11.8. The maximum absolute atomic E-state index is 6.24. The zero-order valence-corrected chi connectivity index (χ0v) is 15.3. The van der Waals surface area contributed by atoms with Gasteiger partial charge in [-0.2, -0.15) is 11.3 Å². The van der Waals surface area contributed by atoms with Crippen molar-refractivity contribution in [3.05, 3.63) is 22.4 Å². The minimum atomic E-state index is 0.0888. The molecular weight excluding hydrogens is 322 g/mol. The number of piperidine rings is 1. The first-order valence-corrected chi connectivity index (χ1v) is 10.3. The number of rotatable bonds is 5. The molecule has 0 aliphatic carbocycles. The molecule has 3 aliphatic heterocycles. The number of thiophene rings is 1. The molecule has 24 heavy (non-hydrogen) atoms. The second kappa shape index (κ2) is 7.83. The van der Waals surface area contributed by atoms with Crippen molar-refractivity contribution in [1.29, 1.82) is 0 Å². The van der Waals surface area contributed by atoms with Crippen LogP contribution in [0.2, 0.25) is 0 Å². The molecule has 134 valence electrons. The summed E-state index contributed by atoms with van der Waals surface area (Å²) < 4.78 is 17.9. The lowest BCUT2D eigenvalue weighted by Gasteiger charge is -2.38. The monoisotopic (exact) mass is 351 g/mol. The lowest BCUT2D eigenvalue weighted by atomic mass is 9.88. The smallest absolute Gasteiger partial charge is 0.0836 e. The second-order valence-electron chi connectivity index (χ2n) is 7.62. The van der Waals surface area contributed by atoms with E-state index in [0.29, 0.717) is 12.0 Å². The Morgan fingerprint density at radius 2 is 2.08 bits per heavy atom. The van der Waals surface area contributed by atoms with Crippen molar-refractivity contribution < 1.29 is 14.2 Å². The van der Waals surface area contributed by atoms with Gasteiger partial charge in [0.2, 0.25) is 0 Å². The molecule has 0 unspecified atom stereocenters. The summed E-state index contributed by atoms with van der Waals surface area (Å²) in [5, 5.41) is 4.43. The standard InChI is InChI=1S/C19H29NO3S/c1-8-21-9-2-16(1)13-22-18-11-19(23-14-18)4-6-20(7-5-19)12-17-3-10-24-15-17/h3,10,15-16,18H,1-2,4-9,11-14H2/t18-/m0/s1. The van der Waals surface area contributed by atoms with E-state index in [4.69, 9.17) is 14.2 Å². The molecule has 0 aromatic carbocycles. The Labute approximate surface area is 149 Å². The third kappa shape index (κ3) is 4.20. The van der Waals surface area contributed by atoms with Gasteiger partial charge in [0.1, 0.15) is 0 Å². The molecule has 0 bridgehead atoms. The van der Waals surface area contributed by atoms with Gasteiger partial charge >= 0.3 is 0 Å². The van der Waals surface area contributed by atoms with E-state index in [-0.39, 0.29) is 5.60 Å². The van der Waals surface area contributed by atoms with Crippen molar-refractivity contribution in [2.75, 3.05) is 39.5 Å². The van der Waals surface area contributed by atoms with E-state index in [1.54, 1.807) is 11.3 Å². The number of hydrogen-bond donors (Lipinski definition) is 0. The highest BCUT2D eigenvalue weighted by molar-refractivity contribution is 7.07. The van der Waals surface area contributed by atoms with E-state index in [0.717, 1.165) is 78.2 Å². The zero-order chi connectivity index (χ0) is 16.2. The van der Waals surface area contributed by atoms with Gasteiger partial charge in [0.05, 0.1) is 24.9 Å². The molecule has 3 aliphatic rings. The molecule has 4 heterocycles. The van der Waals surface area contributed by atoms with Crippen molar-refractivity contribution >= 4 is 11.3 Å². The molecular formula is C19H29NO3S. The average molecular weight is 352 g/mol. The normalized spacial score (nSPS) is 28.6. The molecule has 0 amide bonds. The van der Waals surface area contributed by atoms with Gasteiger partial charge in [-0.05, 0) is 54.0 Å². The van der Waals surface area contributed by atoms with Crippen LogP contribution in [0.25, 0.3) is 0 Å². The van der Waals surface area contributed by atoms with Gasteiger partial charge in [-0.3, -0.25) is 4.90 Å². The summed E-state index contributed by atoms with van der Waals surface area (Å²) >= 11 is 1.79. The van der Waals surface area contributed by atoms with Crippen LogP contribution in [0.4, 0.5) is 0 Å². The maximum Gasteiger partial charge on any atom is 0.0836 e. The lowest BCUT2D eigenvalue weighted by Crippen LogP contribution is -2.43. The average Bonchev–Trinajstić information content (AvgIpc) is 3.27. The fraction of sp³-hybridized carbons (Fsp3) is 0.789. The molecule has 1 spiro atoms. The highest BCUT2D eigenvalue weighted by Gasteiger charge is 2.43. The molecule has 4 nitrogen and oxygen atoms in total. The van der Waals surface area contributed by atoms with Gasteiger partial charge in [-0.1, -0.05) is 0 Å². The summed E-state index contributed by atoms with van der Waals surface area (Å²) in [7, 11) is 0. The number of ether oxygens (including phenoxy) is 3. The molecule has 1 atom stereocenters. The van der Waals surface area contributed by atoms with Gasteiger partial charge in [0.15, 0.2) is 0 Å². The van der Waals surface area contributed by atoms with E-state index in [9.17, 15) is 0 Å². The lowest BCUT2D eigenvalue weighted by molar-refractivity contribution is -0.0479. The van der Waals surface area contributed by atoms with Crippen molar-refractivity contribution in [3.8, 4) is 0 Å². The quantitative estimate of drug-likeness (QED) is 0.814. The minimum absolute atomic E-state index is 0.0888. The van der Waals surface area contributed by atoms with Crippen LogP contribution in [0.3, 0.4) is 0 Å². The molecule has 5 heteroatoms. The summed E-state index contributed by atoms with van der Waals surface area (Å²) in [5.74, 6) is 0.683. The van der Waals surface area contributed by atoms with Crippen molar-refractivity contribution in [2.24, 2.45) is 5.92 Å². The van der Waals surface area contributed by atoms with Crippen molar-refractivity contribution in [2.45, 2.75) is 50.4 Å². The van der Waals surface area contributed by atoms with E-state index in [1.807, 2.05) is 0 Å². The highest BCUT2D eigenvalue weighted by atomic mass is 32.1. The van der Waals surface area contributed by atoms with E-state index < -0.39 is 0 Å². The molecule has 0 saturated carbocycles. The summed E-state index contributed by atoms with van der Waals surface area (Å²) in [5.41, 5.74) is 1.53. The molecule has 0 radical (unpaired) electrons. The largest absolute Gasteiger partial charge is 0.381 e. The predicted molar refractivity (Wildman–Crippen MR) is 95.4 cm³/mol. The van der Waals surface area contributed by atoms with Crippen LogP contribution in [0.5, 0.6) is 0 Å². The van der Waals surface area contributed by atoms with E-state index in [2.05, 4.69) is 21.7 Å². The second-order valence-corrected chi connectivity index (χ2v) is 8.40. The Morgan fingerprint density at radius 3 is 2.83 bits per heavy atom. The van der Waals surface area contributed by atoms with Crippen LogP contribution in [0.15, 0.2) is 16.8 Å². The molecule has 1 aromatic rings. The van der Waals surface area contributed by atoms with Crippen LogP contribution in [-0.4, -0.2) is 56.1 Å². The van der Waals surface area contributed by atoms with E-state index in [1.165, 1.54) is 5.56 Å². The predicted octanol–water partition coefficient (Wildman–Crippen LogP) is 3.31. The molecule has 3 fully saturated rings. The van der Waals surface area contributed by atoms with Crippen molar-refractivity contribution in [1.82, 2.24) is 4.90 Å². The Morgan fingerprint density at radius 1 is 1.25 bits per heavy atom. The molecule has 3 saturated heterocycles. The van der Waals surface area contributed by atoms with E-state index >= 15 is 0 Å². The van der Waals surface area contributed by atoms with Gasteiger partial charge < -0.3 is 14.2 Å². The first kappa shape index (κ1) is 17.0. The van der Waals surface area contributed by atoms with Crippen LogP contribution in [0.1, 0.15) is 37.7 Å². The molecule has 1 aromatic heterocycles. The number of nitrogens with zero attached hydrogens (tertiary/aromatic N) is 1. The summed E-state index contributed by atoms with van der Waals surface area (Å²) in [6.45, 7) is 6.85. The van der Waals surface area contributed by atoms with Crippen molar-refractivity contribution in [3.63, 3.8) is 0 Å². The van der Waals surface area contributed by atoms with Gasteiger partial charge in [-0.15, -0.1) is 0 Å². The Balaban J connectivity index is 1.20. The topological polar surface area (TPSA) is 30.9 Å². The third-order valence-corrected chi connectivity index (χ3v) is 6.57. The fourth-order valence-electron chi connectivity index (χ4n) is 4.20. The minimum Gasteiger partial charge on any atom is -0.381 e. The van der Waals surface area contributed by atoms with Crippen LogP contribution >= 0.6 is 11.3 Å². The summed E-state index contributed by atoms with van der Waals surface area (Å²) in [4.78, 5) is 2.56. The van der Waals surface area contributed by atoms with Crippen LogP contribution < -0.4 is 0 Å². The first-order valence-electron chi connectivity index (χ1n) is 9.38. The van der Waals surface area contributed by atoms with Crippen LogP contribution in [-0.2, 0) is 20.8 Å².